The van der Waals surface area contributed by atoms with Crippen LogP contribution in [0.1, 0.15) is 36.9 Å². The number of nitrogens with zero attached hydrogens (tertiary/aromatic N) is 3. The van der Waals surface area contributed by atoms with E-state index >= 15 is 0 Å². The minimum atomic E-state index is -0.933. The van der Waals surface area contributed by atoms with Crippen molar-refractivity contribution in [3.8, 4) is 0 Å². The Morgan fingerprint density at radius 3 is 2.75 bits per heavy atom. The molecular weight excluding hydrogens is 254 g/mol. The molecule has 0 aliphatic heterocycles. The maximum atomic E-state index is 10.7. The Bertz CT molecular complexity index is 513. The quantitative estimate of drug-likeness (QED) is 0.840. The number of hydrogen-bond acceptors (Lipinski definition) is 3. The van der Waals surface area contributed by atoms with E-state index in [1.165, 1.54) is 31.8 Å². The van der Waals surface area contributed by atoms with Crippen molar-refractivity contribution >= 4 is 17.9 Å². The molecule has 1 aromatic heterocycles. The lowest BCUT2D eigenvalue weighted by molar-refractivity contribution is -0.131. The summed E-state index contributed by atoms with van der Waals surface area (Å²) in [4.78, 5) is 12.9. The number of carboxylic acid groups (broad SMARTS) is 1. The van der Waals surface area contributed by atoms with Crippen LogP contribution in [0.15, 0.2) is 6.08 Å². The van der Waals surface area contributed by atoms with Gasteiger partial charge in [-0.05, 0) is 31.8 Å². The lowest BCUT2D eigenvalue weighted by Gasteiger charge is -2.23. The topological polar surface area (TPSA) is 58.4 Å². The molecule has 0 unspecified atom stereocenters. The van der Waals surface area contributed by atoms with Crippen molar-refractivity contribution in [2.45, 2.75) is 32.6 Å². The van der Waals surface area contributed by atoms with Gasteiger partial charge in [-0.25, -0.2) is 4.79 Å². The third kappa shape index (κ3) is 3.21. The lowest BCUT2D eigenvalue weighted by Crippen LogP contribution is -2.26. The highest BCUT2D eigenvalue weighted by Crippen LogP contribution is 2.29. The molecule has 0 radical (unpaired) electrons. The van der Waals surface area contributed by atoms with Crippen LogP contribution in [0.4, 0.5) is 5.82 Å². The molecule has 1 saturated carbocycles. The lowest BCUT2D eigenvalue weighted by atomic mass is 10.1. The molecule has 1 aliphatic rings. The molecule has 1 aliphatic carbocycles. The van der Waals surface area contributed by atoms with Crippen LogP contribution in [0.3, 0.4) is 0 Å². The molecule has 0 saturated heterocycles. The number of aliphatic carboxylic acids is 1. The average molecular weight is 277 g/mol. The molecule has 0 aromatic carbocycles. The van der Waals surface area contributed by atoms with Crippen molar-refractivity contribution in [3.05, 3.63) is 17.3 Å². The van der Waals surface area contributed by atoms with Gasteiger partial charge in [0.1, 0.15) is 5.82 Å². The number of hydrogen-bond donors (Lipinski definition) is 1. The maximum absolute atomic E-state index is 10.7. The van der Waals surface area contributed by atoms with Crippen molar-refractivity contribution < 1.29 is 9.90 Å². The molecule has 1 heterocycles. The van der Waals surface area contributed by atoms with E-state index in [0.717, 1.165) is 29.5 Å². The number of carbonyl (C=O) groups is 1. The van der Waals surface area contributed by atoms with Crippen LogP contribution in [0.25, 0.3) is 6.08 Å². The van der Waals surface area contributed by atoms with Crippen LogP contribution in [0.2, 0.25) is 0 Å². The predicted molar refractivity (Wildman–Crippen MR) is 79.8 cm³/mol. The second kappa shape index (κ2) is 6.11. The highest BCUT2D eigenvalue weighted by molar-refractivity contribution is 5.87. The zero-order chi connectivity index (χ0) is 14.7. The SMILES string of the molecule is Cc1nn(C)c(N(C)CC2CCCC2)c1C=CC(=O)O. The van der Waals surface area contributed by atoms with E-state index in [2.05, 4.69) is 17.0 Å². The summed E-state index contributed by atoms with van der Waals surface area (Å²) in [5.41, 5.74) is 1.76. The van der Waals surface area contributed by atoms with Gasteiger partial charge in [0.05, 0.1) is 5.69 Å². The molecule has 1 N–H and O–H groups in total. The van der Waals surface area contributed by atoms with Crippen molar-refractivity contribution in [1.29, 1.82) is 0 Å². The van der Waals surface area contributed by atoms with Crippen LogP contribution in [0, 0.1) is 12.8 Å². The summed E-state index contributed by atoms with van der Waals surface area (Å²) in [6, 6.07) is 0. The Morgan fingerprint density at radius 1 is 1.50 bits per heavy atom. The summed E-state index contributed by atoms with van der Waals surface area (Å²) in [7, 11) is 3.97. The van der Waals surface area contributed by atoms with Crippen LogP contribution in [-0.4, -0.2) is 34.4 Å². The fourth-order valence-corrected chi connectivity index (χ4v) is 3.13. The average Bonchev–Trinajstić information content (AvgIpc) is 2.94. The molecule has 2 rings (SSSR count). The molecule has 1 fully saturated rings. The van der Waals surface area contributed by atoms with Crippen molar-refractivity contribution in [2.75, 3.05) is 18.5 Å². The normalized spacial score (nSPS) is 16.1. The van der Waals surface area contributed by atoms with Crippen molar-refractivity contribution in [2.24, 2.45) is 13.0 Å². The molecule has 0 atom stereocenters. The van der Waals surface area contributed by atoms with E-state index in [9.17, 15) is 4.79 Å². The summed E-state index contributed by atoms with van der Waals surface area (Å²) in [6.45, 7) is 2.92. The summed E-state index contributed by atoms with van der Waals surface area (Å²) in [5, 5.41) is 13.2. The second-order valence-electron chi connectivity index (χ2n) is 5.65. The smallest absolute Gasteiger partial charge is 0.328 e. The van der Waals surface area contributed by atoms with Gasteiger partial charge in [0.15, 0.2) is 0 Å². The zero-order valence-electron chi connectivity index (χ0n) is 12.5. The van der Waals surface area contributed by atoms with Gasteiger partial charge in [-0.2, -0.15) is 5.10 Å². The van der Waals surface area contributed by atoms with Gasteiger partial charge in [0.2, 0.25) is 0 Å². The summed E-state index contributed by atoms with van der Waals surface area (Å²) in [5.74, 6) is 0.802. The highest BCUT2D eigenvalue weighted by atomic mass is 16.4. The molecule has 110 valence electrons. The minimum absolute atomic E-state index is 0.742. The first-order valence-corrected chi connectivity index (χ1v) is 7.14. The van der Waals surface area contributed by atoms with Crippen LogP contribution in [-0.2, 0) is 11.8 Å². The Morgan fingerprint density at radius 2 is 2.15 bits per heavy atom. The Labute approximate surface area is 119 Å². The number of aromatic nitrogens is 2. The highest BCUT2D eigenvalue weighted by Gasteiger charge is 2.21. The van der Waals surface area contributed by atoms with Gasteiger partial charge >= 0.3 is 5.97 Å². The van der Waals surface area contributed by atoms with E-state index in [0.29, 0.717) is 0 Å². The van der Waals surface area contributed by atoms with Gasteiger partial charge in [-0.3, -0.25) is 4.68 Å². The van der Waals surface area contributed by atoms with Crippen LogP contribution < -0.4 is 4.90 Å². The molecule has 0 bridgehead atoms. The Hall–Kier alpha value is -1.78. The van der Waals surface area contributed by atoms with Gasteiger partial charge in [-0.1, -0.05) is 12.8 Å². The second-order valence-corrected chi connectivity index (χ2v) is 5.65. The van der Waals surface area contributed by atoms with Crippen LogP contribution >= 0.6 is 0 Å². The molecule has 1 aromatic rings. The third-order valence-corrected chi connectivity index (χ3v) is 4.00. The molecule has 20 heavy (non-hydrogen) atoms. The predicted octanol–water partition coefficient (Wildman–Crippen LogP) is 2.45. The van der Waals surface area contributed by atoms with Crippen molar-refractivity contribution in [1.82, 2.24) is 9.78 Å². The number of anilines is 1. The van der Waals surface area contributed by atoms with E-state index in [1.54, 1.807) is 6.08 Å². The van der Waals surface area contributed by atoms with Crippen molar-refractivity contribution in [3.63, 3.8) is 0 Å². The minimum Gasteiger partial charge on any atom is -0.478 e. The van der Waals surface area contributed by atoms with E-state index in [4.69, 9.17) is 5.11 Å². The number of aryl methyl sites for hydroxylation is 2. The van der Waals surface area contributed by atoms with Gasteiger partial charge in [0.25, 0.3) is 0 Å². The first-order valence-electron chi connectivity index (χ1n) is 7.14. The van der Waals surface area contributed by atoms with Crippen LogP contribution in [0.5, 0.6) is 0 Å². The molecular formula is C15H23N3O2. The largest absolute Gasteiger partial charge is 0.478 e. The molecule has 5 heteroatoms. The third-order valence-electron chi connectivity index (χ3n) is 4.00. The Kier molecular flexibility index (Phi) is 4.47. The first kappa shape index (κ1) is 14.6. The molecule has 5 nitrogen and oxygen atoms in total. The number of rotatable bonds is 5. The number of carboxylic acids is 1. The molecule has 0 amide bonds. The van der Waals surface area contributed by atoms with E-state index in [-0.39, 0.29) is 0 Å². The van der Waals surface area contributed by atoms with E-state index in [1.807, 2.05) is 18.7 Å². The Balaban J connectivity index is 2.22. The monoisotopic (exact) mass is 277 g/mol. The van der Waals surface area contributed by atoms with Gasteiger partial charge in [-0.15, -0.1) is 0 Å². The fraction of sp³-hybridized carbons (Fsp3) is 0.600. The maximum Gasteiger partial charge on any atom is 0.328 e. The first-order chi connectivity index (χ1) is 9.49. The standard InChI is InChI=1S/C15H23N3O2/c1-11-13(8-9-14(19)20)15(18(3)16-11)17(2)10-12-6-4-5-7-12/h8-9,12H,4-7,10H2,1-3H3,(H,19,20). The summed E-state index contributed by atoms with van der Waals surface area (Å²) < 4.78 is 1.84. The molecule has 0 spiro atoms. The van der Waals surface area contributed by atoms with Gasteiger partial charge < -0.3 is 10.0 Å². The zero-order valence-corrected chi connectivity index (χ0v) is 12.5. The van der Waals surface area contributed by atoms with E-state index < -0.39 is 5.97 Å². The van der Waals surface area contributed by atoms with Gasteiger partial charge in [0, 0.05) is 32.3 Å². The fourth-order valence-electron chi connectivity index (χ4n) is 3.13. The summed E-state index contributed by atoms with van der Waals surface area (Å²) >= 11 is 0. The summed E-state index contributed by atoms with van der Waals surface area (Å²) in [6.07, 6.45) is 8.06.